The number of nitrogens with two attached hydrogens (primary N) is 1. The summed E-state index contributed by atoms with van der Waals surface area (Å²) in [6, 6.07) is 4.10. The van der Waals surface area contributed by atoms with Crippen LogP contribution in [0.1, 0.15) is 44.1 Å². The molecule has 2 N–H and O–H groups in total. The van der Waals surface area contributed by atoms with Crippen molar-refractivity contribution in [1.82, 2.24) is 4.90 Å². The average Bonchev–Trinajstić information content (AvgIpc) is 2.75. The molecule has 0 radical (unpaired) electrons. The number of hydrogen-bond donors (Lipinski definition) is 1. The molecule has 1 aliphatic carbocycles. The summed E-state index contributed by atoms with van der Waals surface area (Å²) < 4.78 is 5.69. The van der Waals surface area contributed by atoms with Gasteiger partial charge in [0.2, 0.25) is 0 Å². The zero-order valence-corrected chi connectivity index (χ0v) is 11.9. The van der Waals surface area contributed by atoms with Crippen LogP contribution in [0.3, 0.4) is 0 Å². The Hall–Kier alpha value is -0.800. The SMILES string of the molecule is Cc1ccc(CN(C)C2(CN)CCCCC2C)o1. The van der Waals surface area contributed by atoms with Gasteiger partial charge in [-0.15, -0.1) is 0 Å². The molecule has 102 valence electrons. The minimum Gasteiger partial charge on any atom is -0.465 e. The van der Waals surface area contributed by atoms with Crippen LogP contribution in [0.5, 0.6) is 0 Å². The van der Waals surface area contributed by atoms with Crippen LogP contribution in [-0.4, -0.2) is 24.0 Å². The van der Waals surface area contributed by atoms with E-state index in [0.29, 0.717) is 5.92 Å². The van der Waals surface area contributed by atoms with Crippen molar-refractivity contribution in [3.05, 3.63) is 23.7 Å². The number of nitrogens with zero attached hydrogens (tertiary/aromatic N) is 1. The number of rotatable bonds is 4. The maximum atomic E-state index is 6.12. The standard InChI is InChI=1S/C15H26N2O/c1-12-6-4-5-9-15(12,11-16)17(3)10-14-8-7-13(2)18-14/h7-8,12H,4-6,9-11,16H2,1-3H3. The molecule has 18 heavy (non-hydrogen) atoms. The third kappa shape index (κ3) is 2.47. The third-order valence-electron chi connectivity index (χ3n) is 4.72. The molecule has 1 fully saturated rings. The molecule has 0 saturated heterocycles. The summed E-state index contributed by atoms with van der Waals surface area (Å²) in [6.07, 6.45) is 5.14. The maximum absolute atomic E-state index is 6.12. The Morgan fingerprint density at radius 3 is 2.78 bits per heavy atom. The van der Waals surface area contributed by atoms with Crippen molar-refractivity contribution in [3.8, 4) is 0 Å². The van der Waals surface area contributed by atoms with Crippen molar-refractivity contribution in [2.75, 3.05) is 13.6 Å². The second-order valence-corrected chi connectivity index (χ2v) is 5.82. The molecule has 0 amide bonds. The van der Waals surface area contributed by atoms with Crippen LogP contribution in [0.25, 0.3) is 0 Å². The summed E-state index contributed by atoms with van der Waals surface area (Å²) >= 11 is 0. The Morgan fingerprint density at radius 2 is 2.22 bits per heavy atom. The Labute approximate surface area is 110 Å². The number of likely N-dealkylation sites (N-methyl/N-ethyl adjacent to an activating group) is 1. The van der Waals surface area contributed by atoms with Crippen LogP contribution < -0.4 is 5.73 Å². The molecule has 3 heteroatoms. The van der Waals surface area contributed by atoms with Gasteiger partial charge in [0.15, 0.2) is 0 Å². The highest BCUT2D eigenvalue weighted by molar-refractivity contribution is 5.07. The Bertz CT molecular complexity index is 388. The van der Waals surface area contributed by atoms with Gasteiger partial charge in [-0.05, 0) is 44.9 Å². The summed E-state index contributed by atoms with van der Waals surface area (Å²) in [4.78, 5) is 2.41. The molecule has 2 atom stereocenters. The first-order chi connectivity index (χ1) is 8.58. The van der Waals surface area contributed by atoms with E-state index < -0.39 is 0 Å². The number of aryl methyl sites for hydroxylation is 1. The average molecular weight is 250 g/mol. The fraction of sp³-hybridized carbons (Fsp3) is 0.733. The first kappa shape index (κ1) is 13.6. The Balaban J connectivity index is 2.11. The molecule has 0 aliphatic heterocycles. The molecule has 1 aromatic rings. The van der Waals surface area contributed by atoms with Gasteiger partial charge in [0.25, 0.3) is 0 Å². The van der Waals surface area contributed by atoms with Crippen molar-refractivity contribution in [2.24, 2.45) is 11.7 Å². The van der Waals surface area contributed by atoms with Crippen LogP contribution >= 0.6 is 0 Å². The van der Waals surface area contributed by atoms with Gasteiger partial charge in [-0.3, -0.25) is 4.90 Å². The van der Waals surface area contributed by atoms with Gasteiger partial charge >= 0.3 is 0 Å². The van der Waals surface area contributed by atoms with Gasteiger partial charge < -0.3 is 10.2 Å². The van der Waals surface area contributed by atoms with E-state index in [1.165, 1.54) is 25.7 Å². The molecular weight excluding hydrogens is 224 g/mol. The van der Waals surface area contributed by atoms with Crippen molar-refractivity contribution in [2.45, 2.75) is 51.6 Å². The van der Waals surface area contributed by atoms with Gasteiger partial charge in [0, 0.05) is 12.1 Å². The smallest absolute Gasteiger partial charge is 0.118 e. The Morgan fingerprint density at radius 1 is 1.44 bits per heavy atom. The molecule has 0 spiro atoms. The lowest BCUT2D eigenvalue weighted by atomic mass is 9.72. The van der Waals surface area contributed by atoms with Crippen LogP contribution in [0.15, 0.2) is 16.5 Å². The van der Waals surface area contributed by atoms with Crippen LogP contribution in [-0.2, 0) is 6.54 Å². The summed E-state index contributed by atoms with van der Waals surface area (Å²) in [5.74, 6) is 2.69. The van der Waals surface area contributed by atoms with E-state index in [1.54, 1.807) is 0 Å². The van der Waals surface area contributed by atoms with Gasteiger partial charge in [0.1, 0.15) is 11.5 Å². The summed E-state index contributed by atoms with van der Waals surface area (Å²) in [5.41, 5.74) is 6.27. The topological polar surface area (TPSA) is 42.4 Å². The van der Waals surface area contributed by atoms with E-state index in [9.17, 15) is 0 Å². The highest BCUT2D eigenvalue weighted by Crippen LogP contribution is 2.37. The van der Waals surface area contributed by atoms with E-state index >= 15 is 0 Å². The lowest BCUT2D eigenvalue weighted by Gasteiger charge is -2.48. The number of furan rings is 1. The van der Waals surface area contributed by atoms with E-state index in [2.05, 4.69) is 24.9 Å². The zero-order chi connectivity index (χ0) is 13.2. The fourth-order valence-corrected chi connectivity index (χ4v) is 3.38. The molecule has 3 nitrogen and oxygen atoms in total. The van der Waals surface area contributed by atoms with Gasteiger partial charge in [-0.2, -0.15) is 0 Å². The normalized spacial score (nSPS) is 28.8. The lowest BCUT2D eigenvalue weighted by Crippen LogP contribution is -2.57. The van der Waals surface area contributed by atoms with Gasteiger partial charge in [-0.1, -0.05) is 19.8 Å². The van der Waals surface area contributed by atoms with Crippen molar-refractivity contribution < 1.29 is 4.42 Å². The zero-order valence-electron chi connectivity index (χ0n) is 11.9. The van der Waals surface area contributed by atoms with Gasteiger partial charge in [0.05, 0.1) is 6.54 Å². The maximum Gasteiger partial charge on any atom is 0.118 e. The summed E-state index contributed by atoms with van der Waals surface area (Å²) in [6.45, 7) is 5.93. The molecule has 0 bridgehead atoms. The monoisotopic (exact) mass is 250 g/mol. The fourth-order valence-electron chi connectivity index (χ4n) is 3.38. The molecule has 2 unspecified atom stereocenters. The molecule has 1 aromatic heterocycles. The predicted molar refractivity (Wildman–Crippen MR) is 74.3 cm³/mol. The van der Waals surface area contributed by atoms with Crippen molar-refractivity contribution in [1.29, 1.82) is 0 Å². The second kappa shape index (κ2) is 5.45. The molecule has 1 heterocycles. The molecular formula is C15H26N2O. The molecule has 1 aliphatic rings. The highest BCUT2D eigenvalue weighted by atomic mass is 16.3. The number of hydrogen-bond acceptors (Lipinski definition) is 3. The first-order valence-corrected chi connectivity index (χ1v) is 7.05. The molecule has 0 aromatic carbocycles. The minimum atomic E-state index is 0.152. The van der Waals surface area contributed by atoms with Crippen molar-refractivity contribution >= 4 is 0 Å². The van der Waals surface area contributed by atoms with E-state index in [4.69, 9.17) is 10.2 Å². The summed E-state index contributed by atoms with van der Waals surface area (Å²) in [5, 5.41) is 0. The van der Waals surface area contributed by atoms with Gasteiger partial charge in [-0.25, -0.2) is 0 Å². The first-order valence-electron chi connectivity index (χ1n) is 7.05. The highest BCUT2D eigenvalue weighted by Gasteiger charge is 2.40. The van der Waals surface area contributed by atoms with Crippen LogP contribution in [0.4, 0.5) is 0 Å². The lowest BCUT2D eigenvalue weighted by molar-refractivity contribution is 0.0233. The minimum absolute atomic E-state index is 0.152. The second-order valence-electron chi connectivity index (χ2n) is 5.82. The third-order valence-corrected chi connectivity index (χ3v) is 4.72. The quantitative estimate of drug-likeness (QED) is 0.893. The van der Waals surface area contributed by atoms with E-state index in [1.807, 2.05) is 13.0 Å². The molecule has 1 saturated carbocycles. The van der Waals surface area contributed by atoms with Crippen molar-refractivity contribution in [3.63, 3.8) is 0 Å². The molecule has 2 rings (SSSR count). The largest absolute Gasteiger partial charge is 0.465 e. The van der Waals surface area contributed by atoms with Crippen LogP contribution in [0, 0.1) is 12.8 Å². The van der Waals surface area contributed by atoms with Crippen LogP contribution in [0.2, 0.25) is 0 Å². The summed E-state index contributed by atoms with van der Waals surface area (Å²) in [7, 11) is 2.19. The van der Waals surface area contributed by atoms with E-state index in [-0.39, 0.29) is 5.54 Å². The predicted octanol–water partition coefficient (Wildman–Crippen LogP) is 2.93. The van der Waals surface area contributed by atoms with E-state index in [0.717, 1.165) is 24.6 Å². The Kier molecular flexibility index (Phi) is 4.13.